The molecule has 0 aliphatic carbocycles. The van der Waals surface area contributed by atoms with E-state index in [1.807, 2.05) is 43.3 Å². The molecule has 1 amide bonds. The van der Waals surface area contributed by atoms with Crippen LogP contribution in [0.15, 0.2) is 79.8 Å². The second-order valence-corrected chi connectivity index (χ2v) is 8.24. The van der Waals surface area contributed by atoms with E-state index in [1.54, 1.807) is 23.5 Å². The molecule has 1 N–H and O–H groups in total. The minimum atomic E-state index is -0.358. The highest BCUT2D eigenvalue weighted by atomic mass is 16.5. The quantitative estimate of drug-likeness (QED) is 0.449. The number of carbonyl (C=O) groups is 1. The third-order valence-electron chi connectivity index (χ3n) is 6.18. The topological polar surface area (TPSA) is 71.1 Å². The Hall–Kier alpha value is -3.93. The summed E-state index contributed by atoms with van der Waals surface area (Å²) < 4.78 is 6.28. The predicted octanol–water partition coefficient (Wildman–Crippen LogP) is 4.85. The SMILES string of the molecule is C=CC(=O)N1CCC1(C)COc1cnccc1-c1[nH]c2cccnc2c1-c1ccccc1. The lowest BCUT2D eigenvalue weighted by atomic mass is 9.87. The van der Waals surface area contributed by atoms with Crippen LogP contribution in [0.25, 0.3) is 33.4 Å². The van der Waals surface area contributed by atoms with E-state index in [4.69, 9.17) is 4.74 Å². The van der Waals surface area contributed by atoms with Crippen molar-refractivity contribution in [3.8, 4) is 28.1 Å². The molecule has 1 aromatic carbocycles. The maximum absolute atomic E-state index is 12.1. The molecule has 6 heteroatoms. The number of pyridine rings is 2. The third-order valence-corrected chi connectivity index (χ3v) is 6.18. The molecule has 1 aliphatic heterocycles. The minimum Gasteiger partial charge on any atom is -0.489 e. The first-order valence-electron chi connectivity index (χ1n) is 10.6. The largest absolute Gasteiger partial charge is 0.489 e. The molecule has 3 aromatic heterocycles. The third kappa shape index (κ3) is 3.34. The van der Waals surface area contributed by atoms with E-state index in [9.17, 15) is 4.79 Å². The van der Waals surface area contributed by atoms with Gasteiger partial charge in [0.25, 0.3) is 0 Å². The van der Waals surface area contributed by atoms with Gasteiger partial charge in [0.1, 0.15) is 12.4 Å². The van der Waals surface area contributed by atoms with Crippen LogP contribution in [0, 0.1) is 0 Å². The van der Waals surface area contributed by atoms with Gasteiger partial charge in [-0.3, -0.25) is 14.8 Å². The molecule has 1 atom stereocenters. The van der Waals surface area contributed by atoms with Crippen molar-refractivity contribution in [1.82, 2.24) is 19.9 Å². The van der Waals surface area contributed by atoms with E-state index in [2.05, 4.69) is 33.7 Å². The van der Waals surface area contributed by atoms with Gasteiger partial charge < -0.3 is 14.6 Å². The second kappa shape index (κ2) is 7.96. The maximum Gasteiger partial charge on any atom is 0.246 e. The van der Waals surface area contributed by atoms with E-state index in [1.165, 1.54) is 6.08 Å². The van der Waals surface area contributed by atoms with Gasteiger partial charge in [0.15, 0.2) is 0 Å². The number of aromatic nitrogens is 3. The molecule has 4 aromatic rings. The van der Waals surface area contributed by atoms with Gasteiger partial charge in [0.2, 0.25) is 5.91 Å². The first-order chi connectivity index (χ1) is 15.6. The van der Waals surface area contributed by atoms with Crippen LogP contribution in [0.1, 0.15) is 13.3 Å². The number of H-pyrrole nitrogens is 1. The van der Waals surface area contributed by atoms with Crippen molar-refractivity contribution in [2.45, 2.75) is 18.9 Å². The van der Waals surface area contributed by atoms with Crippen LogP contribution < -0.4 is 4.74 Å². The van der Waals surface area contributed by atoms with Crippen molar-refractivity contribution in [1.29, 1.82) is 0 Å². The summed E-state index contributed by atoms with van der Waals surface area (Å²) in [5.74, 6) is 0.595. The summed E-state index contributed by atoms with van der Waals surface area (Å²) >= 11 is 0. The number of carbonyl (C=O) groups excluding carboxylic acids is 1. The van der Waals surface area contributed by atoms with Crippen LogP contribution in [0.4, 0.5) is 0 Å². The van der Waals surface area contributed by atoms with Crippen molar-refractivity contribution >= 4 is 16.9 Å². The highest BCUT2D eigenvalue weighted by Gasteiger charge is 2.43. The Kier molecular flexibility index (Phi) is 4.98. The molecule has 1 aliphatic rings. The number of fused-ring (bicyclic) bond motifs is 1. The summed E-state index contributed by atoms with van der Waals surface area (Å²) in [4.78, 5) is 26.4. The zero-order valence-corrected chi connectivity index (χ0v) is 17.9. The molecule has 1 fully saturated rings. The molecule has 32 heavy (non-hydrogen) atoms. The van der Waals surface area contributed by atoms with Crippen LogP contribution in [-0.2, 0) is 4.79 Å². The Labute approximate surface area is 186 Å². The molecule has 0 spiro atoms. The number of aromatic amines is 1. The van der Waals surface area contributed by atoms with E-state index in [0.717, 1.165) is 46.4 Å². The van der Waals surface area contributed by atoms with E-state index in [-0.39, 0.29) is 11.4 Å². The molecule has 4 heterocycles. The smallest absolute Gasteiger partial charge is 0.246 e. The highest BCUT2D eigenvalue weighted by molar-refractivity contribution is 6.02. The van der Waals surface area contributed by atoms with E-state index in [0.29, 0.717) is 12.4 Å². The van der Waals surface area contributed by atoms with Crippen LogP contribution in [-0.4, -0.2) is 44.4 Å². The fourth-order valence-corrected chi connectivity index (χ4v) is 4.29. The second-order valence-electron chi connectivity index (χ2n) is 8.24. The van der Waals surface area contributed by atoms with Crippen LogP contribution in [0.2, 0.25) is 0 Å². The number of benzene rings is 1. The van der Waals surface area contributed by atoms with Crippen LogP contribution >= 0.6 is 0 Å². The van der Waals surface area contributed by atoms with Gasteiger partial charge >= 0.3 is 0 Å². The Balaban J connectivity index is 1.55. The van der Waals surface area contributed by atoms with E-state index >= 15 is 0 Å². The van der Waals surface area contributed by atoms with Gasteiger partial charge in [0, 0.05) is 30.1 Å². The minimum absolute atomic E-state index is 0.0678. The number of ether oxygens (including phenoxy) is 1. The lowest BCUT2D eigenvalue weighted by molar-refractivity contribution is -0.142. The summed E-state index contributed by atoms with van der Waals surface area (Å²) in [7, 11) is 0. The molecule has 1 unspecified atom stereocenters. The van der Waals surface area contributed by atoms with Gasteiger partial charge in [-0.25, -0.2) is 0 Å². The molecule has 0 bridgehead atoms. The number of hydrogen-bond acceptors (Lipinski definition) is 4. The lowest BCUT2D eigenvalue weighted by Crippen LogP contribution is -2.62. The average molecular weight is 425 g/mol. The molecule has 5 rings (SSSR count). The molecule has 0 saturated carbocycles. The molecule has 1 saturated heterocycles. The van der Waals surface area contributed by atoms with Gasteiger partial charge in [0.05, 0.1) is 28.5 Å². The number of hydrogen-bond donors (Lipinski definition) is 1. The van der Waals surface area contributed by atoms with Gasteiger partial charge in [-0.15, -0.1) is 0 Å². The lowest BCUT2D eigenvalue weighted by Gasteiger charge is -2.49. The van der Waals surface area contributed by atoms with Crippen LogP contribution in [0.5, 0.6) is 5.75 Å². The van der Waals surface area contributed by atoms with Gasteiger partial charge in [-0.1, -0.05) is 36.9 Å². The van der Waals surface area contributed by atoms with Crippen molar-refractivity contribution in [2.75, 3.05) is 13.2 Å². The number of amides is 1. The number of likely N-dealkylation sites (tertiary alicyclic amines) is 1. The Morgan fingerprint density at radius 1 is 1.22 bits per heavy atom. The summed E-state index contributed by atoms with van der Waals surface area (Å²) in [5, 5.41) is 0. The Bertz CT molecular complexity index is 1300. The summed E-state index contributed by atoms with van der Waals surface area (Å²) in [6.07, 6.45) is 7.53. The number of rotatable bonds is 6. The monoisotopic (exact) mass is 424 g/mol. The standard InChI is InChI=1S/C26H24N4O2/c1-3-22(31)30-15-12-26(30,2)17-32-21-16-27-14-11-19(21)24-23(18-8-5-4-6-9-18)25-20(29-24)10-7-13-28-25/h3-11,13-14,16,29H,1,12,15,17H2,2H3. The van der Waals surface area contributed by atoms with Crippen molar-refractivity contribution in [3.05, 3.63) is 79.8 Å². The van der Waals surface area contributed by atoms with Crippen molar-refractivity contribution in [3.63, 3.8) is 0 Å². The molecule has 160 valence electrons. The zero-order valence-electron chi connectivity index (χ0n) is 17.9. The first-order valence-corrected chi connectivity index (χ1v) is 10.6. The molecular weight excluding hydrogens is 400 g/mol. The summed E-state index contributed by atoms with van der Waals surface area (Å²) in [5.41, 5.74) is 5.44. The molecular formula is C26H24N4O2. The zero-order chi connectivity index (χ0) is 22.1. The Morgan fingerprint density at radius 3 is 2.81 bits per heavy atom. The fourth-order valence-electron chi connectivity index (χ4n) is 4.29. The predicted molar refractivity (Wildman–Crippen MR) is 125 cm³/mol. The van der Waals surface area contributed by atoms with Crippen molar-refractivity contribution < 1.29 is 9.53 Å². The fraction of sp³-hybridized carbons (Fsp3) is 0.192. The number of nitrogens with zero attached hydrogens (tertiary/aromatic N) is 3. The Morgan fingerprint density at radius 2 is 2.06 bits per heavy atom. The van der Waals surface area contributed by atoms with Crippen LogP contribution in [0.3, 0.4) is 0 Å². The molecule has 0 radical (unpaired) electrons. The normalized spacial score (nSPS) is 17.7. The number of nitrogens with one attached hydrogen (secondary N) is 1. The average Bonchev–Trinajstić information content (AvgIpc) is 3.22. The summed E-state index contributed by atoms with van der Waals surface area (Å²) in [6, 6.07) is 16.1. The summed E-state index contributed by atoms with van der Waals surface area (Å²) in [6.45, 7) is 6.74. The van der Waals surface area contributed by atoms with Gasteiger partial charge in [-0.2, -0.15) is 0 Å². The first kappa shape index (κ1) is 20.0. The maximum atomic E-state index is 12.1. The molecule has 6 nitrogen and oxygen atoms in total. The van der Waals surface area contributed by atoms with E-state index < -0.39 is 0 Å². The van der Waals surface area contributed by atoms with Gasteiger partial charge in [-0.05, 0) is 43.2 Å². The highest BCUT2D eigenvalue weighted by Crippen LogP contribution is 2.41. The van der Waals surface area contributed by atoms with Crippen molar-refractivity contribution in [2.24, 2.45) is 0 Å².